The molecule has 0 unspecified atom stereocenters. The number of aromatic nitrogens is 2. The highest BCUT2D eigenvalue weighted by Gasteiger charge is 2.17. The van der Waals surface area contributed by atoms with Crippen LogP contribution in [-0.4, -0.2) is 75.6 Å². The van der Waals surface area contributed by atoms with Gasteiger partial charge in [-0.3, -0.25) is 21.0 Å². The van der Waals surface area contributed by atoms with Crippen molar-refractivity contribution in [2.45, 2.75) is 0 Å². The quantitative estimate of drug-likeness (QED) is 0.233. The van der Waals surface area contributed by atoms with Crippen molar-refractivity contribution in [3.8, 4) is 5.69 Å². The van der Waals surface area contributed by atoms with Crippen molar-refractivity contribution in [3.05, 3.63) is 59.3 Å². The molecule has 152 valence electrons. The van der Waals surface area contributed by atoms with Gasteiger partial charge >= 0.3 is 0 Å². The summed E-state index contributed by atoms with van der Waals surface area (Å²) in [6, 6.07) is 7.04. The van der Waals surface area contributed by atoms with Gasteiger partial charge in [0.15, 0.2) is 0 Å². The predicted molar refractivity (Wildman–Crippen MR) is 111 cm³/mol. The lowest BCUT2D eigenvalue weighted by molar-refractivity contribution is 0.186. The van der Waals surface area contributed by atoms with Gasteiger partial charge in [-0.1, -0.05) is 5.18 Å². The predicted octanol–water partition coefficient (Wildman–Crippen LogP) is 1.96. The summed E-state index contributed by atoms with van der Waals surface area (Å²) < 4.78 is 1.66. The number of hydrogen-bond acceptors (Lipinski definition) is 8. The Morgan fingerprint density at radius 3 is 2.69 bits per heavy atom. The molecule has 29 heavy (non-hydrogen) atoms. The Kier molecular flexibility index (Phi) is 6.82. The summed E-state index contributed by atoms with van der Waals surface area (Å²) in [5.41, 5.74) is 3.96. The first-order valence-electron chi connectivity index (χ1n) is 9.28. The van der Waals surface area contributed by atoms with Gasteiger partial charge in [-0.15, -0.1) is 0 Å². The van der Waals surface area contributed by atoms with Gasteiger partial charge in [0.2, 0.25) is 0 Å². The van der Waals surface area contributed by atoms with Crippen LogP contribution in [0.25, 0.3) is 5.69 Å². The van der Waals surface area contributed by atoms with Gasteiger partial charge in [0.25, 0.3) is 0 Å². The molecule has 0 amide bonds. The number of anilines is 1. The second-order valence-electron chi connectivity index (χ2n) is 6.61. The Labute approximate surface area is 168 Å². The van der Waals surface area contributed by atoms with Gasteiger partial charge in [0.1, 0.15) is 5.84 Å². The van der Waals surface area contributed by atoms with E-state index in [2.05, 4.69) is 20.7 Å². The molecule has 4 N–H and O–H groups in total. The van der Waals surface area contributed by atoms with Crippen LogP contribution in [0.3, 0.4) is 0 Å². The van der Waals surface area contributed by atoms with E-state index >= 15 is 0 Å². The van der Waals surface area contributed by atoms with Crippen LogP contribution >= 0.6 is 0 Å². The molecule has 10 heteroatoms. The Morgan fingerprint density at radius 1 is 1.24 bits per heavy atom. The highest BCUT2D eigenvalue weighted by molar-refractivity contribution is 6.12. The highest BCUT2D eigenvalue weighted by Crippen LogP contribution is 2.20. The lowest BCUT2D eigenvalue weighted by Gasteiger charge is -2.35. The molecule has 0 radical (unpaired) electrons. The summed E-state index contributed by atoms with van der Waals surface area (Å²) >= 11 is 0. The van der Waals surface area contributed by atoms with Crippen LogP contribution < -0.4 is 5.48 Å². The standard InChI is InChI=1S/C19H24N8O2/c20-17(4-5-19(21)26-12-10-25(11-13-26)9-7-23-28)16-3-2-15(14-18(16)24-29)27-8-1-6-22-27/h1-6,8,14,20-21,24,29H,7,9-13H2. The van der Waals surface area contributed by atoms with Crippen LogP contribution in [0, 0.1) is 15.7 Å². The minimum atomic E-state index is 0.175. The number of rotatable bonds is 8. The summed E-state index contributed by atoms with van der Waals surface area (Å²) in [6.07, 6.45) is 6.59. The van der Waals surface area contributed by atoms with E-state index in [1.54, 1.807) is 47.4 Å². The van der Waals surface area contributed by atoms with Crippen LogP contribution in [0.5, 0.6) is 0 Å². The van der Waals surface area contributed by atoms with Crippen LogP contribution in [0.1, 0.15) is 5.56 Å². The second-order valence-corrected chi connectivity index (χ2v) is 6.61. The molecule has 1 aliphatic rings. The largest absolute Gasteiger partial charge is 0.355 e. The molecule has 10 nitrogen and oxygen atoms in total. The molecule has 1 aromatic carbocycles. The molecular formula is C19H24N8O2. The normalized spacial score (nSPS) is 14.9. The molecule has 0 saturated carbocycles. The van der Waals surface area contributed by atoms with Crippen molar-refractivity contribution in [1.82, 2.24) is 19.6 Å². The fraction of sp³-hybridized carbons (Fsp3) is 0.316. The molecule has 2 aromatic rings. The first-order chi connectivity index (χ1) is 14.1. The summed E-state index contributed by atoms with van der Waals surface area (Å²) in [7, 11) is 0. The van der Waals surface area contributed by atoms with Crippen molar-refractivity contribution in [1.29, 1.82) is 10.8 Å². The van der Waals surface area contributed by atoms with Gasteiger partial charge in [-0.25, -0.2) is 4.68 Å². The van der Waals surface area contributed by atoms with Gasteiger partial charge in [-0.2, -0.15) is 10.0 Å². The Balaban J connectivity index is 1.61. The van der Waals surface area contributed by atoms with E-state index in [9.17, 15) is 10.1 Å². The Bertz CT molecular complexity index is 886. The summed E-state index contributed by atoms with van der Waals surface area (Å²) in [5.74, 6) is 0.328. The molecule has 2 heterocycles. The average Bonchev–Trinajstić information content (AvgIpc) is 3.30. The van der Waals surface area contributed by atoms with Gasteiger partial charge in [-0.05, 0) is 36.4 Å². The van der Waals surface area contributed by atoms with E-state index in [1.807, 2.05) is 11.0 Å². The summed E-state index contributed by atoms with van der Waals surface area (Å²) in [6.45, 7) is 3.87. The first kappa shape index (κ1) is 20.4. The molecule has 0 spiro atoms. The van der Waals surface area contributed by atoms with Crippen molar-refractivity contribution in [2.24, 2.45) is 5.18 Å². The van der Waals surface area contributed by atoms with Crippen molar-refractivity contribution >= 4 is 17.2 Å². The molecule has 3 rings (SSSR count). The molecule has 1 fully saturated rings. The van der Waals surface area contributed by atoms with Crippen LogP contribution in [0.2, 0.25) is 0 Å². The monoisotopic (exact) mass is 396 g/mol. The zero-order chi connectivity index (χ0) is 20.6. The lowest BCUT2D eigenvalue weighted by atomic mass is 10.1. The van der Waals surface area contributed by atoms with Crippen LogP contribution in [0.4, 0.5) is 5.69 Å². The molecule has 1 aromatic heterocycles. The average molecular weight is 396 g/mol. The summed E-state index contributed by atoms with van der Waals surface area (Å²) in [4.78, 5) is 14.3. The van der Waals surface area contributed by atoms with Crippen molar-refractivity contribution < 1.29 is 5.21 Å². The maximum absolute atomic E-state index is 10.2. The fourth-order valence-corrected chi connectivity index (χ4v) is 3.18. The Hall–Kier alpha value is -3.37. The second kappa shape index (κ2) is 9.71. The molecule has 0 atom stereocenters. The van der Waals surface area contributed by atoms with Crippen LogP contribution in [0.15, 0.2) is 54.0 Å². The summed E-state index contributed by atoms with van der Waals surface area (Å²) in [5, 5.41) is 33.1. The van der Waals surface area contributed by atoms with Crippen molar-refractivity contribution in [3.63, 3.8) is 0 Å². The zero-order valence-corrected chi connectivity index (χ0v) is 16.0. The van der Waals surface area contributed by atoms with Gasteiger partial charge in [0.05, 0.1) is 23.6 Å². The first-order valence-corrected chi connectivity index (χ1v) is 9.28. The molecular weight excluding hydrogens is 372 g/mol. The maximum atomic E-state index is 10.2. The van der Waals surface area contributed by atoms with E-state index in [-0.39, 0.29) is 12.3 Å². The third-order valence-electron chi connectivity index (χ3n) is 4.81. The topological polar surface area (TPSA) is 134 Å². The third-order valence-corrected chi connectivity index (χ3v) is 4.81. The van der Waals surface area contributed by atoms with E-state index in [0.29, 0.717) is 36.7 Å². The van der Waals surface area contributed by atoms with Crippen LogP contribution in [-0.2, 0) is 0 Å². The van der Waals surface area contributed by atoms with Crippen molar-refractivity contribution in [2.75, 3.05) is 44.7 Å². The molecule has 0 aliphatic carbocycles. The number of nitrogens with one attached hydrogen (secondary N) is 3. The number of nitroso groups, excluding NO2 is 1. The number of hydrogen-bond donors (Lipinski definition) is 4. The fourth-order valence-electron chi connectivity index (χ4n) is 3.18. The SMILES string of the molecule is N=C(C=CC(=N)N1CCN(CCN=O)CC1)c1ccc(-n2cccn2)cc1NO. The third kappa shape index (κ3) is 5.12. The maximum Gasteiger partial charge on any atom is 0.120 e. The highest BCUT2D eigenvalue weighted by atomic mass is 16.5. The smallest absolute Gasteiger partial charge is 0.120 e. The van der Waals surface area contributed by atoms with E-state index < -0.39 is 0 Å². The van der Waals surface area contributed by atoms with E-state index in [4.69, 9.17) is 10.8 Å². The van der Waals surface area contributed by atoms with E-state index in [0.717, 1.165) is 18.8 Å². The molecule has 1 saturated heterocycles. The Morgan fingerprint density at radius 2 is 2.03 bits per heavy atom. The number of nitrogens with zero attached hydrogens (tertiary/aromatic N) is 5. The van der Waals surface area contributed by atoms with Gasteiger partial charge < -0.3 is 10.3 Å². The molecule has 1 aliphatic heterocycles. The lowest BCUT2D eigenvalue weighted by Crippen LogP contribution is -2.48. The van der Waals surface area contributed by atoms with E-state index in [1.165, 1.54) is 0 Å². The number of benzene rings is 1. The van der Waals surface area contributed by atoms with Gasteiger partial charge in [0, 0.05) is 50.7 Å². The minimum Gasteiger partial charge on any atom is -0.355 e. The number of allylic oxidation sites excluding steroid dienone is 1. The number of piperazine rings is 1. The zero-order valence-electron chi connectivity index (χ0n) is 16.0. The minimum absolute atomic E-state index is 0.175. The number of amidine groups is 1. The molecule has 0 bridgehead atoms.